The molecule has 0 aliphatic carbocycles. The third-order valence-electron chi connectivity index (χ3n) is 4.78. The molecule has 1 fully saturated rings. The van der Waals surface area contributed by atoms with Crippen LogP contribution >= 0.6 is 0 Å². The Morgan fingerprint density at radius 1 is 1.20 bits per heavy atom. The molecule has 1 aromatic carbocycles. The maximum atomic E-state index is 12.7. The van der Waals surface area contributed by atoms with Crippen LogP contribution in [-0.4, -0.2) is 30.8 Å². The number of benzene rings is 1. The van der Waals surface area contributed by atoms with Crippen LogP contribution in [0, 0.1) is 12.8 Å². The summed E-state index contributed by atoms with van der Waals surface area (Å²) >= 11 is 0. The number of piperidine rings is 1. The molecule has 0 atom stereocenters. The van der Waals surface area contributed by atoms with E-state index in [0.717, 1.165) is 37.9 Å². The molecule has 1 aliphatic heterocycles. The lowest BCUT2D eigenvalue weighted by Crippen LogP contribution is -2.35. The van der Waals surface area contributed by atoms with Crippen LogP contribution in [0.5, 0.6) is 0 Å². The van der Waals surface area contributed by atoms with E-state index in [0.29, 0.717) is 11.7 Å². The molecular weight excluding hydrogens is 246 g/mol. The summed E-state index contributed by atoms with van der Waals surface area (Å²) in [6.45, 7) is 8.47. The second-order valence-electron chi connectivity index (χ2n) is 6.86. The van der Waals surface area contributed by atoms with Gasteiger partial charge in [-0.3, -0.25) is 4.79 Å². The molecule has 0 aromatic heterocycles. The molecule has 1 aromatic rings. The first kappa shape index (κ1) is 15.2. The molecule has 2 rings (SSSR count). The number of carbonyl (C=O) groups excluding carboxylic acids is 1. The molecule has 0 radical (unpaired) electrons. The molecule has 110 valence electrons. The first-order valence-corrected chi connectivity index (χ1v) is 7.68. The van der Waals surface area contributed by atoms with E-state index < -0.39 is 0 Å². The van der Waals surface area contributed by atoms with E-state index >= 15 is 0 Å². The van der Waals surface area contributed by atoms with Crippen LogP contribution in [0.15, 0.2) is 24.3 Å². The number of aryl methyl sites for hydroxylation is 1. The molecule has 0 spiro atoms. The van der Waals surface area contributed by atoms with Crippen molar-refractivity contribution >= 4 is 5.78 Å². The van der Waals surface area contributed by atoms with Crippen molar-refractivity contribution in [2.75, 3.05) is 20.1 Å². The summed E-state index contributed by atoms with van der Waals surface area (Å²) in [7, 11) is 2.16. The van der Waals surface area contributed by atoms with E-state index in [1.54, 1.807) is 0 Å². The lowest BCUT2D eigenvalue weighted by atomic mass is 9.76. The SMILES string of the molecule is Cc1ccc(C(C)(C)C(=O)CC2CCN(C)CC2)cc1. The zero-order chi connectivity index (χ0) is 14.8. The molecule has 20 heavy (non-hydrogen) atoms. The number of ketones is 1. The van der Waals surface area contributed by atoms with Gasteiger partial charge in [-0.2, -0.15) is 0 Å². The quantitative estimate of drug-likeness (QED) is 0.836. The number of nitrogens with zero attached hydrogens (tertiary/aromatic N) is 1. The first-order valence-electron chi connectivity index (χ1n) is 7.68. The van der Waals surface area contributed by atoms with Gasteiger partial charge in [-0.1, -0.05) is 29.8 Å². The van der Waals surface area contributed by atoms with Gasteiger partial charge in [0.25, 0.3) is 0 Å². The Hall–Kier alpha value is -1.15. The summed E-state index contributed by atoms with van der Waals surface area (Å²) < 4.78 is 0. The number of rotatable bonds is 4. The highest BCUT2D eigenvalue weighted by molar-refractivity contribution is 5.89. The smallest absolute Gasteiger partial charge is 0.143 e. The van der Waals surface area contributed by atoms with Gasteiger partial charge in [0.2, 0.25) is 0 Å². The second kappa shape index (κ2) is 6.09. The standard InChI is InChI=1S/C18H27NO/c1-14-5-7-16(8-6-14)18(2,3)17(20)13-15-9-11-19(4)12-10-15/h5-8,15H,9-13H2,1-4H3. The maximum absolute atomic E-state index is 12.7. The van der Waals surface area contributed by atoms with Gasteiger partial charge >= 0.3 is 0 Å². The van der Waals surface area contributed by atoms with Gasteiger partial charge in [0.15, 0.2) is 0 Å². The summed E-state index contributed by atoms with van der Waals surface area (Å²) in [5, 5.41) is 0. The van der Waals surface area contributed by atoms with E-state index in [1.807, 2.05) is 0 Å². The van der Waals surface area contributed by atoms with Crippen molar-refractivity contribution in [2.24, 2.45) is 5.92 Å². The van der Waals surface area contributed by atoms with Crippen molar-refractivity contribution in [3.05, 3.63) is 35.4 Å². The fourth-order valence-electron chi connectivity index (χ4n) is 2.91. The van der Waals surface area contributed by atoms with Gasteiger partial charge in [0.05, 0.1) is 0 Å². The topological polar surface area (TPSA) is 20.3 Å². The normalized spacial score (nSPS) is 18.2. The van der Waals surface area contributed by atoms with Crippen LogP contribution < -0.4 is 0 Å². The van der Waals surface area contributed by atoms with Gasteiger partial charge in [-0.25, -0.2) is 0 Å². The number of hydrogen-bond acceptors (Lipinski definition) is 2. The van der Waals surface area contributed by atoms with Crippen molar-refractivity contribution in [3.8, 4) is 0 Å². The van der Waals surface area contributed by atoms with E-state index in [4.69, 9.17) is 0 Å². The van der Waals surface area contributed by atoms with Gasteiger partial charge in [-0.15, -0.1) is 0 Å². The fourth-order valence-corrected chi connectivity index (χ4v) is 2.91. The Morgan fingerprint density at radius 2 is 1.75 bits per heavy atom. The van der Waals surface area contributed by atoms with Crippen molar-refractivity contribution in [1.82, 2.24) is 4.90 Å². The van der Waals surface area contributed by atoms with Crippen LogP contribution in [-0.2, 0) is 10.2 Å². The number of hydrogen-bond donors (Lipinski definition) is 0. The summed E-state index contributed by atoms with van der Waals surface area (Å²) in [5.41, 5.74) is 2.02. The molecule has 1 heterocycles. The van der Waals surface area contributed by atoms with Crippen molar-refractivity contribution < 1.29 is 4.79 Å². The largest absolute Gasteiger partial charge is 0.306 e. The van der Waals surface area contributed by atoms with Crippen LogP contribution in [0.4, 0.5) is 0 Å². The fraction of sp³-hybridized carbons (Fsp3) is 0.611. The summed E-state index contributed by atoms with van der Waals surface area (Å²) in [4.78, 5) is 15.0. The molecule has 0 unspecified atom stereocenters. The lowest BCUT2D eigenvalue weighted by molar-refractivity contribution is -0.124. The zero-order valence-electron chi connectivity index (χ0n) is 13.3. The number of likely N-dealkylation sites (tertiary alicyclic amines) is 1. The number of carbonyl (C=O) groups is 1. The summed E-state index contributed by atoms with van der Waals surface area (Å²) in [6, 6.07) is 8.39. The van der Waals surface area contributed by atoms with Gasteiger partial charge < -0.3 is 4.90 Å². The molecule has 0 N–H and O–H groups in total. The minimum Gasteiger partial charge on any atom is -0.306 e. The second-order valence-corrected chi connectivity index (χ2v) is 6.86. The van der Waals surface area contributed by atoms with E-state index in [1.165, 1.54) is 5.56 Å². The Balaban J connectivity index is 2.01. The molecule has 0 amide bonds. The van der Waals surface area contributed by atoms with Gasteiger partial charge in [0, 0.05) is 11.8 Å². The third kappa shape index (κ3) is 3.49. The molecule has 0 saturated carbocycles. The van der Waals surface area contributed by atoms with Crippen molar-refractivity contribution in [2.45, 2.75) is 45.4 Å². The highest BCUT2D eigenvalue weighted by Crippen LogP contribution is 2.30. The summed E-state index contributed by atoms with van der Waals surface area (Å²) in [5.74, 6) is 0.958. The molecule has 1 aliphatic rings. The molecule has 1 saturated heterocycles. The number of Topliss-reactive ketones (excluding diaryl/α,β-unsaturated/α-hetero) is 1. The summed E-state index contributed by atoms with van der Waals surface area (Å²) in [6.07, 6.45) is 3.05. The van der Waals surface area contributed by atoms with Crippen LogP contribution in [0.1, 0.15) is 44.2 Å². The zero-order valence-corrected chi connectivity index (χ0v) is 13.3. The van der Waals surface area contributed by atoms with Crippen LogP contribution in [0.2, 0.25) is 0 Å². The van der Waals surface area contributed by atoms with Crippen molar-refractivity contribution in [1.29, 1.82) is 0 Å². The highest BCUT2D eigenvalue weighted by Gasteiger charge is 2.31. The van der Waals surface area contributed by atoms with Crippen LogP contribution in [0.25, 0.3) is 0 Å². The van der Waals surface area contributed by atoms with E-state index in [2.05, 4.69) is 57.0 Å². The highest BCUT2D eigenvalue weighted by atomic mass is 16.1. The van der Waals surface area contributed by atoms with Crippen LogP contribution in [0.3, 0.4) is 0 Å². The van der Waals surface area contributed by atoms with Gasteiger partial charge in [0.1, 0.15) is 5.78 Å². The predicted octanol–water partition coefficient (Wildman–Crippen LogP) is 3.57. The van der Waals surface area contributed by atoms with E-state index in [-0.39, 0.29) is 5.41 Å². The minimum atomic E-state index is -0.364. The Labute approximate surface area is 123 Å². The van der Waals surface area contributed by atoms with Gasteiger partial charge in [-0.05, 0) is 65.2 Å². The maximum Gasteiger partial charge on any atom is 0.143 e. The average Bonchev–Trinajstić information content (AvgIpc) is 2.42. The average molecular weight is 273 g/mol. The Morgan fingerprint density at radius 3 is 2.30 bits per heavy atom. The molecule has 2 nitrogen and oxygen atoms in total. The monoisotopic (exact) mass is 273 g/mol. The molecule has 0 bridgehead atoms. The molecular formula is C18H27NO. The Kier molecular flexibility index (Phi) is 4.64. The lowest BCUT2D eigenvalue weighted by Gasteiger charge is -2.31. The third-order valence-corrected chi connectivity index (χ3v) is 4.78. The minimum absolute atomic E-state index is 0.364. The molecule has 2 heteroatoms. The predicted molar refractivity (Wildman–Crippen MR) is 84.1 cm³/mol. The Bertz CT molecular complexity index is 453. The first-order chi connectivity index (χ1) is 9.39. The van der Waals surface area contributed by atoms with Crippen molar-refractivity contribution in [3.63, 3.8) is 0 Å². The van der Waals surface area contributed by atoms with E-state index in [9.17, 15) is 4.79 Å².